The van der Waals surface area contributed by atoms with Crippen LogP contribution in [0.5, 0.6) is 5.75 Å². The maximum Gasteiger partial charge on any atom is 0.253 e. The third-order valence-corrected chi connectivity index (χ3v) is 7.62. The maximum absolute atomic E-state index is 13.8. The summed E-state index contributed by atoms with van der Waals surface area (Å²) in [5.74, 6) is 2.15. The van der Waals surface area contributed by atoms with Crippen molar-refractivity contribution in [2.24, 2.45) is 0 Å². The van der Waals surface area contributed by atoms with E-state index in [2.05, 4.69) is 39.4 Å². The molecular weight excluding hydrogens is 534 g/mol. The van der Waals surface area contributed by atoms with E-state index in [-0.39, 0.29) is 5.91 Å². The number of benzene rings is 2. The van der Waals surface area contributed by atoms with E-state index in [0.717, 1.165) is 45.0 Å². The summed E-state index contributed by atoms with van der Waals surface area (Å²) in [4.78, 5) is 26.3. The predicted molar refractivity (Wildman–Crippen MR) is 156 cm³/mol. The average Bonchev–Trinajstić information content (AvgIpc) is 3.36. The number of morpholine rings is 1. The van der Waals surface area contributed by atoms with Crippen molar-refractivity contribution in [3.8, 4) is 16.9 Å². The van der Waals surface area contributed by atoms with Gasteiger partial charge < -0.3 is 28.5 Å². The van der Waals surface area contributed by atoms with Crippen molar-refractivity contribution in [2.75, 3.05) is 51.0 Å². The molecule has 218 valence electrons. The van der Waals surface area contributed by atoms with Gasteiger partial charge in [-0.05, 0) is 54.3 Å². The summed E-state index contributed by atoms with van der Waals surface area (Å²) in [7, 11) is 0. The first kappa shape index (κ1) is 27.9. The van der Waals surface area contributed by atoms with E-state index in [1.54, 1.807) is 18.5 Å². The summed E-state index contributed by atoms with van der Waals surface area (Å²) >= 11 is 0. The van der Waals surface area contributed by atoms with Crippen LogP contribution in [-0.4, -0.2) is 78.1 Å². The molecule has 42 heavy (non-hydrogen) atoms. The Hall–Kier alpha value is -4.28. The lowest BCUT2D eigenvalue weighted by atomic mass is 9.96. The maximum atomic E-state index is 13.8. The highest BCUT2D eigenvalue weighted by Gasteiger charge is 2.31. The summed E-state index contributed by atoms with van der Waals surface area (Å²) in [6, 6.07) is 16.4. The van der Waals surface area contributed by atoms with E-state index in [1.165, 1.54) is 0 Å². The first-order valence-electron chi connectivity index (χ1n) is 14.3. The molecule has 1 amide bonds. The molecular formula is C32H35N5O5. The van der Waals surface area contributed by atoms with Crippen molar-refractivity contribution < 1.29 is 23.5 Å². The van der Waals surface area contributed by atoms with Gasteiger partial charge in [0.25, 0.3) is 5.91 Å². The largest absolute Gasteiger partial charge is 0.491 e. The number of aromatic nitrogens is 3. The molecule has 10 nitrogen and oxygen atoms in total. The van der Waals surface area contributed by atoms with E-state index in [0.29, 0.717) is 65.0 Å². The summed E-state index contributed by atoms with van der Waals surface area (Å²) in [5, 5.41) is 4.13. The number of anilines is 1. The predicted octanol–water partition coefficient (Wildman–Crippen LogP) is 3.98. The minimum absolute atomic E-state index is 0.0672. The number of carbonyl (C=O) groups is 1. The van der Waals surface area contributed by atoms with E-state index >= 15 is 0 Å². The summed E-state index contributed by atoms with van der Waals surface area (Å²) in [6.45, 7) is 7.47. The fourth-order valence-corrected chi connectivity index (χ4v) is 5.58. The van der Waals surface area contributed by atoms with Crippen LogP contribution in [0.2, 0.25) is 0 Å². The van der Waals surface area contributed by atoms with Crippen LogP contribution in [0.15, 0.2) is 65.4 Å². The third-order valence-electron chi connectivity index (χ3n) is 7.62. The molecule has 0 spiro atoms. The van der Waals surface area contributed by atoms with Crippen molar-refractivity contribution in [1.29, 1.82) is 0 Å². The lowest BCUT2D eigenvalue weighted by molar-refractivity contribution is -0.146. The van der Waals surface area contributed by atoms with E-state index < -0.39 is 6.10 Å². The second-order valence-electron chi connectivity index (χ2n) is 10.6. The second kappa shape index (κ2) is 12.7. The van der Waals surface area contributed by atoms with Gasteiger partial charge >= 0.3 is 0 Å². The van der Waals surface area contributed by atoms with Crippen molar-refractivity contribution in [3.05, 3.63) is 89.1 Å². The van der Waals surface area contributed by atoms with Gasteiger partial charge in [0, 0.05) is 44.0 Å². The highest BCUT2D eigenvalue weighted by atomic mass is 16.5. The molecule has 2 aliphatic heterocycles. The van der Waals surface area contributed by atoms with Gasteiger partial charge in [0.2, 0.25) is 5.95 Å². The van der Waals surface area contributed by atoms with Crippen molar-refractivity contribution in [2.45, 2.75) is 32.9 Å². The fourth-order valence-electron chi connectivity index (χ4n) is 5.58. The molecule has 0 radical (unpaired) electrons. The van der Waals surface area contributed by atoms with Crippen LogP contribution >= 0.6 is 0 Å². The van der Waals surface area contributed by atoms with E-state index in [1.807, 2.05) is 41.8 Å². The number of amides is 1. The second-order valence-corrected chi connectivity index (χ2v) is 10.6. The van der Waals surface area contributed by atoms with E-state index in [4.69, 9.17) is 18.7 Å². The molecule has 1 saturated heterocycles. The minimum Gasteiger partial charge on any atom is -0.491 e. The Morgan fingerprint density at radius 1 is 0.929 bits per heavy atom. The van der Waals surface area contributed by atoms with Gasteiger partial charge in [-0.15, -0.1) is 0 Å². The topological polar surface area (TPSA) is 103 Å². The number of hydrogen-bond donors (Lipinski definition) is 0. The molecule has 10 heteroatoms. The molecule has 2 aromatic carbocycles. The zero-order valence-corrected chi connectivity index (χ0v) is 24.0. The number of aryl methyl sites for hydroxylation is 2. The molecule has 1 unspecified atom stereocenters. The van der Waals surface area contributed by atoms with Gasteiger partial charge in [0.05, 0.1) is 32.1 Å². The monoisotopic (exact) mass is 569 g/mol. The van der Waals surface area contributed by atoms with Gasteiger partial charge in [-0.25, -0.2) is 9.97 Å². The smallest absolute Gasteiger partial charge is 0.253 e. The number of carbonyl (C=O) groups excluding carboxylic acids is 1. The SMILES string of the molecule is Cc1noc(C)c1-c1ccc2c(c1)Cc1cccc(c1)CN(C(=O)C1CN(c3ncccn3)CCO1)CCOCCO2. The van der Waals surface area contributed by atoms with E-state index in [9.17, 15) is 4.79 Å². The molecule has 4 aromatic rings. The van der Waals surface area contributed by atoms with Crippen LogP contribution in [0.4, 0.5) is 5.95 Å². The lowest BCUT2D eigenvalue weighted by Gasteiger charge is -2.35. The quantitative estimate of drug-likeness (QED) is 0.362. The zero-order chi connectivity index (χ0) is 28.9. The molecule has 2 aliphatic rings. The Labute approximate surface area is 245 Å². The molecule has 4 heterocycles. The highest BCUT2D eigenvalue weighted by Crippen LogP contribution is 2.32. The first-order chi connectivity index (χ1) is 20.5. The fraction of sp³-hybridized carbons (Fsp3) is 0.375. The molecule has 2 bridgehead atoms. The van der Waals surface area contributed by atoms with Gasteiger partial charge in [-0.2, -0.15) is 0 Å². The van der Waals surface area contributed by atoms with Crippen molar-refractivity contribution >= 4 is 11.9 Å². The Morgan fingerprint density at radius 3 is 2.62 bits per heavy atom. The van der Waals surface area contributed by atoms with Gasteiger partial charge in [0.15, 0.2) is 6.10 Å². The van der Waals surface area contributed by atoms with Crippen LogP contribution in [0, 0.1) is 13.8 Å². The van der Waals surface area contributed by atoms with Crippen LogP contribution in [0.3, 0.4) is 0 Å². The third kappa shape index (κ3) is 6.29. The molecule has 0 N–H and O–H groups in total. The minimum atomic E-state index is -0.609. The molecule has 0 saturated carbocycles. The molecule has 6 rings (SSSR count). The summed E-state index contributed by atoms with van der Waals surface area (Å²) in [5.41, 5.74) is 6.15. The Balaban J connectivity index is 1.24. The number of nitrogens with zero attached hydrogens (tertiary/aromatic N) is 5. The molecule has 1 atom stereocenters. The standard InChI is InChI=1S/C32H35N5O5/c1-22-30(23(2)42-35-22)26-7-8-28-27(19-26)18-24-5-3-6-25(17-24)20-36(11-13-39-15-16-41-28)31(38)29-21-37(12-14-40-29)32-33-9-4-10-34-32/h3-10,17,19,29H,11-16,18,20-21H2,1-2H3. The zero-order valence-electron chi connectivity index (χ0n) is 24.0. The number of hydrogen-bond acceptors (Lipinski definition) is 9. The van der Waals surface area contributed by atoms with Crippen molar-refractivity contribution in [3.63, 3.8) is 0 Å². The molecule has 0 aliphatic carbocycles. The van der Waals surface area contributed by atoms with Gasteiger partial charge in [0.1, 0.15) is 18.1 Å². The van der Waals surface area contributed by atoms with Crippen LogP contribution < -0.4 is 9.64 Å². The Bertz CT molecular complexity index is 1510. The number of rotatable bonds is 3. The molecule has 2 aromatic heterocycles. The highest BCUT2D eigenvalue weighted by molar-refractivity contribution is 5.82. The van der Waals surface area contributed by atoms with Crippen LogP contribution in [0.25, 0.3) is 11.1 Å². The average molecular weight is 570 g/mol. The van der Waals surface area contributed by atoms with Crippen LogP contribution in [0.1, 0.15) is 28.1 Å². The normalized spacial score (nSPS) is 18.1. The van der Waals surface area contributed by atoms with Crippen molar-refractivity contribution in [1.82, 2.24) is 20.0 Å². The van der Waals surface area contributed by atoms with Crippen LogP contribution in [-0.2, 0) is 27.2 Å². The molecule has 1 fully saturated rings. The number of ether oxygens (including phenoxy) is 3. The number of fused-ring (bicyclic) bond motifs is 3. The Kier molecular flexibility index (Phi) is 8.43. The van der Waals surface area contributed by atoms with Gasteiger partial charge in [-0.1, -0.05) is 35.5 Å². The van der Waals surface area contributed by atoms with Gasteiger partial charge in [-0.3, -0.25) is 4.79 Å². The summed E-state index contributed by atoms with van der Waals surface area (Å²) in [6.07, 6.45) is 3.48. The lowest BCUT2D eigenvalue weighted by Crippen LogP contribution is -2.52. The Morgan fingerprint density at radius 2 is 1.79 bits per heavy atom. The summed E-state index contributed by atoms with van der Waals surface area (Å²) < 4.78 is 23.5. The first-order valence-corrected chi connectivity index (χ1v) is 14.3.